The third-order valence-electron chi connectivity index (χ3n) is 4.93. The first-order valence-corrected chi connectivity index (χ1v) is 11.3. The first kappa shape index (κ1) is 31.6. The van der Waals surface area contributed by atoms with Crippen molar-refractivity contribution in [2.75, 3.05) is 12.8 Å². The molecule has 0 N–H and O–H groups in total. The molecule has 16 heteroatoms. The normalized spacial score (nSPS) is 15.0. The molecule has 1 atom stereocenters. The van der Waals surface area contributed by atoms with Crippen molar-refractivity contribution < 1.29 is 65.9 Å². The molecule has 0 aliphatic heterocycles. The van der Waals surface area contributed by atoms with E-state index in [4.69, 9.17) is 0 Å². The van der Waals surface area contributed by atoms with Crippen molar-refractivity contribution in [2.24, 2.45) is 0 Å². The molecule has 0 amide bonds. The third-order valence-corrected chi connectivity index (χ3v) is 7.41. The number of hydrogen-bond acceptors (Lipinski definition) is 0. The average molecular weight is 562 g/mol. The van der Waals surface area contributed by atoms with Gasteiger partial charge >= 0.3 is 29.6 Å². The van der Waals surface area contributed by atoms with Crippen LogP contribution in [0.4, 0.5) is 65.9 Å². The summed E-state index contributed by atoms with van der Waals surface area (Å²) in [6.45, 7) is -0.485. The Bertz CT molecular complexity index is 863. The average Bonchev–Trinajstić information content (AvgIpc) is 2.71. The lowest BCUT2D eigenvalue weighted by atomic mass is 10.0. The molecule has 1 aromatic carbocycles. The highest BCUT2D eigenvalue weighted by molar-refractivity contribution is 7.66. The van der Waals surface area contributed by atoms with Gasteiger partial charge in [-0.2, -0.15) is 48.3 Å². The fraction of sp³-hybridized carbons (Fsp3) is 0.684. The molecule has 35 heavy (non-hydrogen) atoms. The minimum Gasteiger partial charge on any atom is -0.251 e. The number of unbranched alkanes of at least 4 members (excludes halogenated alkanes) is 3. The largest absolute Gasteiger partial charge is 0.458 e. The monoisotopic (exact) mass is 562 g/mol. The second-order valence-corrected chi connectivity index (χ2v) is 9.77. The minimum atomic E-state index is -6.80. The molecule has 0 aliphatic carbocycles. The van der Waals surface area contributed by atoms with Crippen molar-refractivity contribution in [1.82, 2.24) is 0 Å². The standard InChI is InChI=1S/C19H18F15P/c1-2-3-4-5-6-15(24,25)17(28,29)19(33,34)35(8-7-20)11-9-10(21)13(22)12(14(11)23)16(26,27)18(30,31)32/h9H,2-8H2,1H3. The van der Waals surface area contributed by atoms with Crippen LogP contribution < -0.4 is 5.30 Å². The van der Waals surface area contributed by atoms with E-state index < -0.39 is 97.6 Å². The van der Waals surface area contributed by atoms with E-state index in [1.54, 1.807) is 6.92 Å². The molecule has 1 rings (SSSR count). The fourth-order valence-electron chi connectivity index (χ4n) is 3.02. The lowest BCUT2D eigenvalue weighted by molar-refractivity contribution is -0.291. The second-order valence-electron chi connectivity index (χ2n) is 7.42. The van der Waals surface area contributed by atoms with Gasteiger partial charge in [0.25, 0.3) is 0 Å². The van der Waals surface area contributed by atoms with Gasteiger partial charge in [0.15, 0.2) is 11.6 Å². The van der Waals surface area contributed by atoms with E-state index in [2.05, 4.69) is 0 Å². The highest BCUT2D eigenvalue weighted by Crippen LogP contribution is 2.63. The Morgan fingerprint density at radius 3 is 1.77 bits per heavy atom. The maximum Gasteiger partial charge on any atom is 0.458 e. The van der Waals surface area contributed by atoms with Crippen LogP contribution in [0.25, 0.3) is 0 Å². The van der Waals surface area contributed by atoms with Crippen molar-refractivity contribution in [3.8, 4) is 0 Å². The van der Waals surface area contributed by atoms with Crippen molar-refractivity contribution in [3.05, 3.63) is 29.1 Å². The molecule has 1 aromatic rings. The van der Waals surface area contributed by atoms with Crippen molar-refractivity contribution in [1.29, 1.82) is 0 Å². The molecule has 0 radical (unpaired) electrons. The Morgan fingerprint density at radius 2 is 1.31 bits per heavy atom. The molecule has 0 fully saturated rings. The van der Waals surface area contributed by atoms with Gasteiger partial charge in [0.1, 0.15) is 11.4 Å². The molecular weight excluding hydrogens is 544 g/mol. The molecule has 0 heterocycles. The van der Waals surface area contributed by atoms with E-state index in [-0.39, 0.29) is 12.8 Å². The molecule has 1 unspecified atom stereocenters. The van der Waals surface area contributed by atoms with Gasteiger partial charge < -0.3 is 0 Å². The van der Waals surface area contributed by atoms with E-state index >= 15 is 0 Å². The van der Waals surface area contributed by atoms with E-state index in [9.17, 15) is 65.9 Å². The van der Waals surface area contributed by atoms with Gasteiger partial charge in [-0.1, -0.05) is 26.2 Å². The Hall–Kier alpha value is -1.40. The molecule has 0 saturated heterocycles. The summed E-state index contributed by atoms with van der Waals surface area (Å²) in [5, 5.41) is -2.39. The van der Waals surface area contributed by atoms with Crippen LogP contribution in [0.1, 0.15) is 44.6 Å². The maximum absolute atomic E-state index is 14.7. The zero-order valence-electron chi connectivity index (χ0n) is 17.6. The molecule has 0 nitrogen and oxygen atoms in total. The van der Waals surface area contributed by atoms with Crippen LogP contribution in [0.15, 0.2) is 6.07 Å². The number of halogens is 15. The van der Waals surface area contributed by atoms with Gasteiger partial charge in [0.2, 0.25) is 0 Å². The maximum atomic E-state index is 14.7. The zero-order valence-corrected chi connectivity index (χ0v) is 18.5. The van der Waals surface area contributed by atoms with Crippen LogP contribution in [0.3, 0.4) is 0 Å². The van der Waals surface area contributed by atoms with E-state index in [0.717, 1.165) is 0 Å². The topological polar surface area (TPSA) is 0 Å². The van der Waals surface area contributed by atoms with Crippen LogP contribution >= 0.6 is 7.92 Å². The van der Waals surface area contributed by atoms with Crippen molar-refractivity contribution in [3.63, 3.8) is 0 Å². The number of benzene rings is 1. The van der Waals surface area contributed by atoms with E-state index in [1.807, 2.05) is 0 Å². The summed E-state index contributed by atoms with van der Waals surface area (Å²) in [7, 11) is -4.74. The van der Waals surface area contributed by atoms with Crippen LogP contribution in [-0.2, 0) is 5.92 Å². The van der Waals surface area contributed by atoms with Gasteiger partial charge in [-0.15, -0.1) is 0 Å². The Morgan fingerprint density at radius 1 is 0.771 bits per heavy atom. The first-order valence-electron chi connectivity index (χ1n) is 9.81. The van der Waals surface area contributed by atoms with Crippen LogP contribution in [0.2, 0.25) is 0 Å². The molecule has 0 aromatic heterocycles. The molecular formula is C19H18F15P. The van der Waals surface area contributed by atoms with Crippen LogP contribution in [0.5, 0.6) is 0 Å². The Labute approximate surface area is 190 Å². The van der Waals surface area contributed by atoms with E-state index in [1.165, 1.54) is 0 Å². The highest BCUT2D eigenvalue weighted by Gasteiger charge is 2.73. The number of alkyl halides is 12. The summed E-state index contributed by atoms with van der Waals surface area (Å²) in [6.07, 6.45) is -10.7. The number of hydrogen-bond donors (Lipinski definition) is 0. The quantitative estimate of drug-likeness (QED) is 0.104. The number of rotatable bonds is 12. The molecule has 0 saturated carbocycles. The summed E-state index contributed by atoms with van der Waals surface area (Å²) in [4.78, 5) is 0. The smallest absolute Gasteiger partial charge is 0.251 e. The Balaban J connectivity index is 3.73. The lowest BCUT2D eigenvalue weighted by Gasteiger charge is -2.38. The van der Waals surface area contributed by atoms with Crippen LogP contribution in [-0.4, -0.2) is 36.5 Å². The lowest BCUT2D eigenvalue weighted by Crippen LogP contribution is -2.54. The SMILES string of the molecule is CCCCCCC(F)(F)C(F)(F)C(F)(F)P(CCF)c1cc(F)c(F)c(C(F)(F)C(F)(F)F)c1F. The summed E-state index contributed by atoms with van der Waals surface area (Å²) < 4.78 is 206. The summed E-state index contributed by atoms with van der Waals surface area (Å²) in [6, 6.07) is -0.745. The first-order chi connectivity index (χ1) is 15.7. The van der Waals surface area contributed by atoms with Gasteiger partial charge in [-0.05, 0) is 12.5 Å². The van der Waals surface area contributed by atoms with Gasteiger partial charge in [-0.25, -0.2) is 13.2 Å². The molecule has 0 aliphatic rings. The second kappa shape index (κ2) is 10.9. The van der Waals surface area contributed by atoms with Crippen LogP contribution in [0, 0.1) is 17.5 Å². The summed E-state index contributed by atoms with van der Waals surface area (Å²) in [5.74, 6) is -27.7. The van der Waals surface area contributed by atoms with Gasteiger partial charge in [0, 0.05) is 25.8 Å². The summed E-state index contributed by atoms with van der Waals surface area (Å²) >= 11 is 0. The molecule has 0 bridgehead atoms. The minimum absolute atomic E-state index is 0.0827. The highest BCUT2D eigenvalue weighted by atomic mass is 31.1. The van der Waals surface area contributed by atoms with E-state index in [0.29, 0.717) is 6.42 Å². The van der Waals surface area contributed by atoms with Crippen molar-refractivity contribution >= 4 is 13.2 Å². The van der Waals surface area contributed by atoms with Gasteiger partial charge in [-0.3, -0.25) is 4.39 Å². The van der Waals surface area contributed by atoms with Gasteiger partial charge in [0.05, 0.1) is 6.67 Å². The molecule has 204 valence electrons. The predicted molar refractivity (Wildman–Crippen MR) is 97.3 cm³/mol. The predicted octanol–water partition coefficient (Wildman–Crippen LogP) is 8.67. The molecule has 0 spiro atoms. The fourth-order valence-corrected chi connectivity index (χ4v) is 5.14. The third kappa shape index (κ3) is 5.95. The zero-order chi connectivity index (χ0) is 27.6. The Kier molecular flexibility index (Phi) is 9.87. The van der Waals surface area contributed by atoms with Crippen molar-refractivity contribution in [2.45, 2.75) is 68.6 Å². The summed E-state index contributed by atoms with van der Waals surface area (Å²) in [5.41, 5.74) is -9.59.